The summed E-state index contributed by atoms with van der Waals surface area (Å²) in [5, 5.41) is 3.33. The van der Waals surface area contributed by atoms with E-state index in [-0.39, 0.29) is 10.7 Å². The summed E-state index contributed by atoms with van der Waals surface area (Å²) in [6.45, 7) is 1.44. The van der Waals surface area contributed by atoms with Crippen molar-refractivity contribution in [1.82, 2.24) is 9.97 Å². The lowest BCUT2D eigenvalue weighted by Crippen LogP contribution is -2.17. The van der Waals surface area contributed by atoms with Gasteiger partial charge in [-0.3, -0.25) is 9.59 Å². The molecule has 1 heterocycles. The topological polar surface area (TPSA) is 109 Å². The van der Waals surface area contributed by atoms with E-state index in [1.807, 2.05) is 0 Å². The summed E-state index contributed by atoms with van der Waals surface area (Å²) >= 11 is 5.72. The van der Waals surface area contributed by atoms with Crippen molar-refractivity contribution in [2.75, 3.05) is 46.0 Å². The molecule has 0 saturated heterocycles. The number of nitrogens with one attached hydrogen (secondary N) is 1. The van der Waals surface area contributed by atoms with Crippen LogP contribution in [0.5, 0.6) is 11.5 Å². The number of halogens is 1. The number of allylic oxidation sites excluding steroid dienone is 3. The fourth-order valence-electron chi connectivity index (χ4n) is 2.62. The smallest absolute Gasteiger partial charge is 0.203 e. The van der Waals surface area contributed by atoms with Crippen molar-refractivity contribution in [3.63, 3.8) is 0 Å². The molecule has 1 aromatic heterocycles. The fraction of sp³-hybridized carbons (Fsp3) is 0.300. The van der Waals surface area contributed by atoms with Gasteiger partial charge in [-0.15, -0.1) is 0 Å². The van der Waals surface area contributed by atoms with Crippen LogP contribution < -0.4 is 14.8 Å². The number of fused-ring (bicyclic) bond motifs is 1. The van der Waals surface area contributed by atoms with E-state index < -0.39 is 11.6 Å². The van der Waals surface area contributed by atoms with Crippen LogP contribution in [0.2, 0.25) is 0 Å². The molecule has 0 aliphatic heterocycles. The van der Waals surface area contributed by atoms with Crippen molar-refractivity contribution >= 4 is 39.9 Å². The Morgan fingerprint density at radius 2 is 1.57 bits per heavy atom. The predicted molar refractivity (Wildman–Crippen MR) is 110 cm³/mol. The quantitative estimate of drug-likeness (QED) is 0.445. The number of hydrogen-bond donors (Lipinski definition) is 1. The zero-order valence-corrected chi connectivity index (χ0v) is 17.2. The Labute approximate surface area is 177 Å². The van der Waals surface area contributed by atoms with Crippen LogP contribution in [-0.4, -0.2) is 62.2 Å². The second kappa shape index (κ2) is 10.1. The third-order valence-electron chi connectivity index (χ3n) is 4.08. The maximum atomic E-state index is 12.2. The van der Waals surface area contributed by atoms with Gasteiger partial charge in [-0.25, -0.2) is 9.97 Å². The van der Waals surface area contributed by atoms with Gasteiger partial charge in [0.15, 0.2) is 17.3 Å². The Morgan fingerprint density at radius 1 is 0.900 bits per heavy atom. The number of ether oxygens (including phenoxy) is 4. The molecule has 0 saturated carbocycles. The Balaban J connectivity index is 1.95. The zero-order valence-electron chi connectivity index (χ0n) is 16.4. The molecule has 1 aliphatic carbocycles. The summed E-state index contributed by atoms with van der Waals surface area (Å²) in [4.78, 5) is 32.5. The maximum Gasteiger partial charge on any atom is 0.203 e. The van der Waals surface area contributed by atoms with Crippen LogP contribution in [0.3, 0.4) is 0 Å². The minimum Gasteiger partial charge on any atom is -0.487 e. The molecule has 10 heteroatoms. The molecule has 3 rings (SSSR count). The van der Waals surface area contributed by atoms with Crippen molar-refractivity contribution in [1.29, 1.82) is 0 Å². The number of aromatic nitrogens is 2. The number of carbonyl (C=O) groups is 2. The van der Waals surface area contributed by atoms with E-state index in [2.05, 4.69) is 15.3 Å². The molecule has 1 N–H and O–H groups in total. The summed E-state index contributed by atoms with van der Waals surface area (Å²) in [5.41, 5.74) is 0.620. The standard InChI is InChI=1S/C20H20ClN3O6/c1-27-3-5-29-18-7-12-14(10-19(18)30-6-4-28-2)22-11-23-20(12)24-15-9-16(25)13(21)8-17(15)26/h7-11H,3-6H2,1-2H3,(H,22,23,24). The Hall–Kier alpha value is -3.01. The van der Waals surface area contributed by atoms with Gasteiger partial charge in [-0.1, -0.05) is 11.6 Å². The molecule has 0 radical (unpaired) electrons. The first-order chi connectivity index (χ1) is 14.5. The van der Waals surface area contributed by atoms with E-state index in [4.69, 9.17) is 30.5 Å². The largest absolute Gasteiger partial charge is 0.487 e. The van der Waals surface area contributed by atoms with Gasteiger partial charge < -0.3 is 24.3 Å². The number of nitrogens with zero attached hydrogens (tertiary/aromatic N) is 2. The van der Waals surface area contributed by atoms with Crippen LogP contribution in [-0.2, 0) is 19.1 Å². The number of carbonyl (C=O) groups excluding carboxylic acids is 2. The average molecular weight is 434 g/mol. The van der Waals surface area contributed by atoms with E-state index in [0.717, 1.165) is 12.2 Å². The first kappa shape index (κ1) is 21.7. The van der Waals surface area contributed by atoms with Crippen molar-refractivity contribution in [2.45, 2.75) is 0 Å². The van der Waals surface area contributed by atoms with Crippen LogP contribution in [0, 0.1) is 0 Å². The summed E-state index contributed by atoms with van der Waals surface area (Å²) < 4.78 is 21.6. The van der Waals surface area contributed by atoms with Gasteiger partial charge in [0.1, 0.15) is 25.4 Å². The third kappa shape index (κ3) is 5.12. The van der Waals surface area contributed by atoms with E-state index in [1.165, 1.54) is 6.33 Å². The fourth-order valence-corrected chi connectivity index (χ4v) is 2.77. The first-order valence-corrected chi connectivity index (χ1v) is 9.38. The van der Waals surface area contributed by atoms with Gasteiger partial charge >= 0.3 is 0 Å². The SMILES string of the molecule is COCCOc1cc2ncnc(NC3=CC(=O)C(Cl)=CC3=O)c2cc1OCCOC. The molecule has 0 bridgehead atoms. The third-order valence-corrected chi connectivity index (χ3v) is 4.37. The van der Waals surface area contributed by atoms with E-state index in [9.17, 15) is 9.59 Å². The van der Waals surface area contributed by atoms with E-state index in [1.54, 1.807) is 26.4 Å². The van der Waals surface area contributed by atoms with Crippen molar-refractivity contribution in [2.24, 2.45) is 0 Å². The molecular weight excluding hydrogens is 414 g/mol. The maximum absolute atomic E-state index is 12.2. The lowest BCUT2D eigenvalue weighted by molar-refractivity contribution is -0.114. The molecule has 0 amide bonds. The Morgan fingerprint density at radius 3 is 2.23 bits per heavy atom. The van der Waals surface area contributed by atoms with Crippen LogP contribution in [0.25, 0.3) is 10.9 Å². The first-order valence-electron chi connectivity index (χ1n) is 9.00. The molecule has 1 aromatic carbocycles. The molecule has 158 valence electrons. The van der Waals surface area contributed by atoms with Crippen molar-refractivity contribution < 1.29 is 28.5 Å². The van der Waals surface area contributed by atoms with Crippen LogP contribution in [0.1, 0.15) is 0 Å². The molecule has 0 spiro atoms. The van der Waals surface area contributed by atoms with Gasteiger partial charge in [0, 0.05) is 37.8 Å². The molecule has 1 aliphatic rings. The summed E-state index contributed by atoms with van der Waals surface area (Å²) in [5.74, 6) is 0.380. The lowest BCUT2D eigenvalue weighted by Gasteiger charge is -2.16. The lowest BCUT2D eigenvalue weighted by atomic mass is 10.1. The molecule has 0 fully saturated rings. The molecule has 30 heavy (non-hydrogen) atoms. The summed E-state index contributed by atoms with van der Waals surface area (Å²) in [6, 6.07) is 3.41. The van der Waals surface area contributed by atoms with Crippen molar-refractivity contribution in [3.8, 4) is 11.5 Å². The van der Waals surface area contributed by atoms with Crippen molar-refractivity contribution in [3.05, 3.63) is 41.3 Å². The minimum absolute atomic E-state index is 0.0617. The highest BCUT2D eigenvalue weighted by Crippen LogP contribution is 2.34. The Bertz CT molecular complexity index is 1020. The number of rotatable bonds is 10. The zero-order chi connectivity index (χ0) is 21.5. The van der Waals surface area contributed by atoms with Gasteiger partial charge in [0.2, 0.25) is 5.78 Å². The molecule has 0 atom stereocenters. The molecule has 0 unspecified atom stereocenters. The Kier molecular flexibility index (Phi) is 7.34. The summed E-state index contributed by atoms with van der Waals surface area (Å²) in [6.07, 6.45) is 3.54. The van der Waals surface area contributed by atoms with Crippen LogP contribution >= 0.6 is 11.6 Å². The number of benzene rings is 1. The normalized spacial score (nSPS) is 13.8. The second-order valence-electron chi connectivity index (χ2n) is 6.12. The minimum atomic E-state index is -0.463. The molecule has 2 aromatic rings. The van der Waals surface area contributed by atoms with E-state index in [0.29, 0.717) is 54.6 Å². The molecular formula is C20H20ClN3O6. The number of anilines is 1. The van der Waals surface area contributed by atoms with Crippen LogP contribution in [0.4, 0.5) is 5.82 Å². The number of hydrogen-bond acceptors (Lipinski definition) is 9. The van der Waals surface area contributed by atoms with Gasteiger partial charge in [0.25, 0.3) is 0 Å². The summed E-state index contributed by atoms with van der Waals surface area (Å²) in [7, 11) is 3.16. The number of methoxy groups -OCH3 is 2. The highest BCUT2D eigenvalue weighted by Gasteiger charge is 2.21. The second-order valence-corrected chi connectivity index (χ2v) is 6.53. The number of ketones is 2. The van der Waals surface area contributed by atoms with Crippen LogP contribution in [0.15, 0.2) is 41.3 Å². The van der Waals surface area contributed by atoms with Gasteiger partial charge in [0.05, 0.1) is 29.5 Å². The molecule has 9 nitrogen and oxygen atoms in total. The highest BCUT2D eigenvalue weighted by atomic mass is 35.5. The monoisotopic (exact) mass is 433 g/mol. The van der Waals surface area contributed by atoms with E-state index >= 15 is 0 Å². The predicted octanol–water partition coefficient (Wildman–Crippen LogP) is 2.25. The average Bonchev–Trinajstić information content (AvgIpc) is 2.73. The van der Waals surface area contributed by atoms with Gasteiger partial charge in [-0.2, -0.15) is 0 Å². The van der Waals surface area contributed by atoms with Gasteiger partial charge in [-0.05, 0) is 6.07 Å². The highest BCUT2D eigenvalue weighted by molar-refractivity contribution is 6.47.